The van der Waals surface area contributed by atoms with Crippen LogP contribution >= 0.6 is 15.9 Å². The van der Waals surface area contributed by atoms with Crippen molar-refractivity contribution in [2.45, 2.75) is 12.6 Å². The highest BCUT2D eigenvalue weighted by atomic mass is 79.9. The number of carbonyl (C=O) groups is 1. The van der Waals surface area contributed by atoms with Crippen molar-refractivity contribution < 1.29 is 4.79 Å². The smallest absolute Gasteiger partial charge is 0.240 e. The molecule has 1 aromatic heterocycles. The largest absolute Gasteiger partial charge is 0.347 e. The number of likely N-dealkylation sites (N-methyl/N-ethyl adjacent to an activating group) is 1. The van der Waals surface area contributed by atoms with Crippen molar-refractivity contribution in [2.24, 2.45) is 0 Å². The predicted octanol–water partition coefficient (Wildman–Crippen LogP) is 0.706. The number of aromatic nitrogens is 1. The summed E-state index contributed by atoms with van der Waals surface area (Å²) in [5, 5.41) is 3.28. The van der Waals surface area contributed by atoms with Crippen molar-refractivity contribution in [3.63, 3.8) is 0 Å². The van der Waals surface area contributed by atoms with Crippen LogP contribution in [0.15, 0.2) is 22.9 Å². The maximum Gasteiger partial charge on any atom is 0.240 e. The second kappa shape index (κ2) is 6.45. The van der Waals surface area contributed by atoms with Gasteiger partial charge in [-0.3, -0.25) is 14.7 Å². The molecule has 0 radical (unpaired) electrons. The van der Waals surface area contributed by atoms with Crippen molar-refractivity contribution in [2.75, 3.05) is 33.7 Å². The van der Waals surface area contributed by atoms with Gasteiger partial charge in [0.2, 0.25) is 5.91 Å². The molecule has 1 aromatic rings. The Kier molecular flexibility index (Phi) is 4.90. The first-order chi connectivity index (χ1) is 9.08. The Morgan fingerprint density at radius 3 is 3.05 bits per heavy atom. The van der Waals surface area contributed by atoms with Crippen LogP contribution < -0.4 is 5.32 Å². The number of amides is 1. The number of hydrogen-bond donors (Lipinski definition) is 1. The Bertz CT molecular complexity index is 452. The zero-order valence-electron chi connectivity index (χ0n) is 11.3. The van der Waals surface area contributed by atoms with Crippen molar-refractivity contribution in [1.29, 1.82) is 0 Å². The van der Waals surface area contributed by atoms with Crippen LogP contribution in [0.1, 0.15) is 5.56 Å². The number of rotatable bonds is 3. The first kappa shape index (κ1) is 14.4. The maximum atomic E-state index is 12.2. The minimum absolute atomic E-state index is 0.0947. The van der Waals surface area contributed by atoms with Crippen LogP contribution in [-0.2, 0) is 11.3 Å². The normalized spacial score (nSPS) is 20.3. The summed E-state index contributed by atoms with van der Waals surface area (Å²) in [5.74, 6) is 0.148. The molecule has 2 heterocycles. The summed E-state index contributed by atoms with van der Waals surface area (Å²) in [6.07, 6.45) is 3.62. The van der Waals surface area contributed by atoms with E-state index >= 15 is 0 Å². The molecule has 5 nitrogen and oxygen atoms in total. The molecule has 0 aromatic carbocycles. The van der Waals surface area contributed by atoms with Crippen molar-refractivity contribution in [3.05, 3.63) is 28.5 Å². The van der Waals surface area contributed by atoms with E-state index in [1.807, 2.05) is 12.3 Å². The van der Waals surface area contributed by atoms with E-state index in [4.69, 9.17) is 0 Å². The third-order valence-electron chi connectivity index (χ3n) is 3.23. The first-order valence-corrected chi connectivity index (χ1v) is 7.12. The van der Waals surface area contributed by atoms with Gasteiger partial charge in [0.05, 0.1) is 0 Å². The number of nitrogens with zero attached hydrogens (tertiary/aromatic N) is 3. The molecule has 0 aliphatic carbocycles. The molecule has 0 saturated carbocycles. The van der Waals surface area contributed by atoms with Gasteiger partial charge in [-0.05, 0) is 27.6 Å². The summed E-state index contributed by atoms with van der Waals surface area (Å²) in [6, 6.07) is 1.95. The third-order valence-corrected chi connectivity index (χ3v) is 3.66. The topological polar surface area (TPSA) is 48.5 Å². The van der Waals surface area contributed by atoms with Crippen LogP contribution in [0.2, 0.25) is 0 Å². The van der Waals surface area contributed by atoms with Crippen LogP contribution in [0.25, 0.3) is 0 Å². The average Bonchev–Trinajstić information content (AvgIpc) is 2.38. The molecule has 1 aliphatic heterocycles. The van der Waals surface area contributed by atoms with E-state index in [2.05, 4.69) is 31.1 Å². The number of piperazine rings is 1. The summed E-state index contributed by atoms with van der Waals surface area (Å²) in [6.45, 7) is 3.24. The molecular weight excluding hydrogens is 308 g/mol. The summed E-state index contributed by atoms with van der Waals surface area (Å²) in [5.41, 5.74) is 1.12. The zero-order valence-corrected chi connectivity index (χ0v) is 12.9. The SMILES string of the molecule is CN(C)C(=O)C1CNCCN1Cc1cncc(Br)c1. The van der Waals surface area contributed by atoms with E-state index in [-0.39, 0.29) is 11.9 Å². The molecule has 0 spiro atoms. The molecule has 1 saturated heterocycles. The summed E-state index contributed by atoms with van der Waals surface area (Å²) < 4.78 is 0.968. The molecule has 1 atom stereocenters. The van der Waals surface area contributed by atoms with E-state index in [1.54, 1.807) is 25.2 Å². The van der Waals surface area contributed by atoms with E-state index in [1.165, 1.54) is 0 Å². The highest BCUT2D eigenvalue weighted by Crippen LogP contribution is 2.15. The molecule has 2 rings (SSSR count). The number of halogens is 1. The monoisotopic (exact) mass is 326 g/mol. The second-order valence-corrected chi connectivity index (χ2v) is 5.85. The van der Waals surface area contributed by atoms with Gasteiger partial charge in [-0.2, -0.15) is 0 Å². The molecule has 1 N–H and O–H groups in total. The van der Waals surface area contributed by atoms with Crippen LogP contribution in [0.4, 0.5) is 0 Å². The standard InChI is InChI=1S/C13H19BrN4O/c1-17(2)13(19)12-8-15-3-4-18(12)9-10-5-11(14)7-16-6-10/h5-7,12,15H,3-4,8-9H2,1-2H3. The summed E-state index contributed by atoms with van der Waals surface area (Å²) >= 11 is 3.43. The Balaban J connectivity index is 2.09. The molecule has 19 heavy (non-hydrogen) atoms. The Labute approximate surface area is 122 Å². The Morgan fingerprint density at radius 1 is 1.58 bits per heavy atom. The van der Waals surface area contributed by atoms with Crippen LogP contribution in [-0.4, -0.2) is 60.5 Å². The number of nitrogens with one attached hydrogen (secondary N) is 1. The molecular formula is C13H19BrN4O. The molecule has 1 unspecified atom stereocenters. The lowest BCUT2D eigenvalue weighted by Gasteiger charge is -2.36. The van der Waals surface area contributed by atoms with Gasteiger partial charge in [-0.25, -0.2) is 0 Å². The fourth-order valence-corrected chi connectivity index (χ4v) is 2.67. The highest BCUT2D eigenvalue weighted by Gasteiger charge is 2.29. The minimum Gasteiger partial charge on any atom is -0.347 e. The third kappa shape index (κ3) is 3.75. The van der Waals surface area contributed by atoms with E-state index in [0.717, 1.165) is 29.7 Å². The zero-order chi connectivity index (χ0) is 13.8. The number of carbonyl (C=O) groups excluding carboxylic acids is 1. The fourth-order valence-electron chi connectivity index (χ4n) is 2.25. The quantitative estimate of drug-likeness (QED) is 0.888. The van der Waals surface area contributed by atoms with Crippen LogP contribution in [0, 0.1) is 0 Å². The number of pyridine rings is 1. The van der Waals surface area contributed by atoms with Crippen molar-refractivity contribution >= 4 is 21.8 Å². The molecule has 6 heteroatoms. The molecule has 1 fully saturated rings. The number of hydrogen-bond acceptors (Lipinski definition) is 4. The molecule has 104 valence electrons. The molecule has 0 bridgehead atoms. The van der Waals surface area contributed by atoms with E-state index < -0.39 is 0 Å². The van der Waals surface area contributed by atoms with Crippen LogP contribution in [0.5, 0.6) is 0 Å². The van der Waals surface area contributed by atoms with Gasteiger partial charge in [-0.1, -0.05) is 0 Å². The second-order valence-electron chi connectivity index (χ2n) is 4.93. The lowest BCUT2D eigenvalue weighted by atomic mass is 10.1. The minimum atomic E-state index is -0.0947. The van der Waals surface area contributed by atoms with E-state index in [0.29, 0.717) is 6.54 Å². The summed E-state index contributed by atoms with van der Waals surface area (Å²) in [4.78, 5) is 20.2. The lowest BCUT2D eigenvalue weighted by Crippen LogP contribution is -2.57. The predicted molar refractivity (Wildman–Crippen MR) is 77.7 cm³/mol. The van der Waals surface area contributed by atoms with Gasteiger partial charge >= 0.3 is 0 Å². The van der Waals surface area contributed by atoms with Crippen molar-refractivity contribution in [1.82, 2.24) is 20.1 Å². The molecule has 1 aliphatic rings. The van der Waals surface area contributed by atoms with Gasteiger partial charge in [0.15, 0.2) is 0 Å². The van der Waals surface area contributed by atoms with Gasteiger partial charge in [0, 0.05) is 57.1 Å². The van der Waals surface area contributed by atoms with E-state index in [9.17, 15) is 4.79 Å². The van der Waals surface area contributed by atoms with Gasteiger partial charge in [0.25, 0.3) is 0 Å². The Morgan fingerprint density at radius 2 is 2.37 bits per heavy atom. The highest BCUT2D eigenvalue weighted by molar-refractivity contribution is 9.10. The fraction of sp³-hybridized carbons (Fsp3) is 0.538. The molecule has 1 amide bonds. The average molecular weight is 327 g/mol. The Hall–Kier alpha value is -0.980. The maximum absolute atomic E-state index is 12.2. The van der Waals surface area contributed by atoms with Gasteiger partial charge in [0.1, 0.15) is 6.04 Å². The lowest BCUT2D eigenvalue weighted by molar-refractivity contribution is -0.135. The summed E-state index contributed by atoms with van der Waals surface area (Å²) in [7, 11) is 3.60. The van der Waals surface area contributed by atoms with Gasteiger partial charge in [-0.15, -0.1) is 0 Å². The first-order valence-electron chi connectivity index (χ1n) is 6.33. The van der Waals surface area contributed by atoms with Crippen molar-refractivity contribution in [3.8, 4) is 0 Å². The van der Waals surface area contributed by atoms with Gasteiger partial charge < -0.3 is 10.2 Å². The van der Waals surface area contributed by atoms with Crippen LogP contribution in [0.3, 0.4) is 0 Å².